The summed E-state index contributed by atoms with van der Waals surface area (Å²) in [6.45, 7) is 2.82. The molecule has 1 saturated heterocycles. The van der Waals surface area contributed by atoms with Crippen molar-refractivity contribution >= 4 is 11.7 Å². The molecule has 2 rings (SSSR count). The van der Waals surface area contributed by atoms with Gasteiger partial charge in [0.25, 0.3) is 5.91 Å². The van der Waals surface area contributed by atoms with Crippen LogP contribution < -0.4 is 11.1 Å². The molecule has 6 nitrogen and oxygen atoms in total. The zero-order valence-corrected chi connectivity index (χ0v) is 9.89. The van der Waals surface area contributed by atoms with Crippen molar-refractivity contribution in [1.29, 1.82) is 0 Å². The number of carbonyl (C=O) groups is 1. The SMILES string of the molecule is CN1CCC(CNC(=O)c2ccc(N)nn2)C1. The normalized spacial score (nSPS) is 20.4. The van der Waals surface area contributed by atoms with Gasteiger partial charge in [0, 0.05) is 13.1 Å². The zero-order valence-electron chi connectivity index (χ0n) is 9.89. The summed E-state index contributed by atoms with van der Waals surface area (Å²) in [5.41, 5.74) is 5.72. The van der Waals surface area contributed by atoms with Gasteiger partial charge in [-0.15, -0.1) is 10.2 Å². The van der Waals surface area contributed by atoms with E-state index in [1.54, 1.807) is 12.1 Å². The molecule has 0 radical (unpaired) electrons. The highest BCUT2D eigenvalue weighted by Gasteiger charge is 2.20. The first-order chi connectivity index (χ1) is 8.15. The Hall–Kier alpha value is -1.69. The van der Waals surface area contributed by atoms with E-state index in [0.717, 1.165) is 19.5 Å². The fourth-order valence-corrected chi connectivity index (χ4v) is 1.98. The van der Waals surface area contributed by atoms with Crippen LogP contribution in [0.3, 0.4) is 0 Å². The number of aromatic nitrogens is 2. The van der Waals surface area contributed by atoms with Crippen LogP contribution >= 0.6 is 0 Å². The second-order valence-electron chi connectivity index (χ2n) is 4.47. The summed E-state index contributed by atoms with van der Waals surface area (Å²) in [5, 5.41) is 10.3. The van der Waals surface area contributed by atoms with Crippen molar-refractivity contribution in [3.05, 3.63) is 17.8 Å². The van der Waals surface area contributed by atoms with Gasteiger partial charge in [0.2, 0.25) is 0 Å². The van der Waals surface area contributed by atoms with Crippen molar-refractivity contribution < 1.29 is 4.79 Å². The maximum absolute atomic E-state index is 11.7. The van der Waals surface area contributed by atoms with Crippen molar-refractivity contribution in [2.24, 2.45) is 5.92 Å². The minimum Gasteiger partial charge on any atom is -0.382 e. The number of nitrogens with zero attached hydrogens (tertiary/aromatic N) is 3. The van der Waals surface area contributed by atoms with Crippen molar-refractivity contribution in [1.82, 2.24) is 20.4 Å². The molecule has 0 spiro atoms. The lowest BCUT2D eigenvalue weighted by Crippen LogP contribution is -2.31. The van der Waals surface area contributed by atoms with Crippen LogP contribution in [0, 0.1) is 5.92 Å². The number of carbonyl (C=O) groups excluding carboxylic acids is 1. The average Bonchev–Trinajstić information content (AvgIpc) is 2.73. The number of anilines is 1. The Morgan fingerprint density at radius 3 is 3.00 bits per heavy atom. The van der Waals surface area contributed by atoms with Crippen LogP contribution in [-0.2, 0) is 0 Å². The molecule has 1 amide bonds. The molecule has 6 heteroatoms. The zero-order chi connectivity index (χ0) is 12.3. The third kappa shape index (κ3) is 3.13. The maximum Gasteiger partial charge on any atom is 0.271 e. The van der Waals surface area contributed by atoms with Gasteiger partial charge in [0.05, 0.1) is 0 Å². The fraction of sp³-hybridized carbons (Fsp3) is 0.545. The molecule has 0 aliphatic carbocycles. The summed E-state index contributed by atoms with van der Waals surface area (Å²) in [6, 6.07) is 3.16. The van der Waals surface area contributed by atoms with Crippen LogP contribution in [0.5, 0.6) is 0 Å². The third-order valence-electron chi connectivity index (χ3n) is 2.96. The number of rotatable bonds is 3. The molecule has 0 saturated carbocycles. The molecular formula is C11H17N5O. The Balaban J connectivity index is 1.83. The van der Waals surface area contributed by atoms with E-state index in [-0.39, 0.29) is 5.91 Å². The van der Waals surface area contributed by atoms with Gasteiger partial charge in [-0.25, -0.2) is 0 Å². The number of likely N-dealkylation sites (tertiary alicyclic amines) is 1. The van der Waals surface area contributed by atoms with Crippen LogP contribution in [0.25, 0.3) is 0 Å². The number of nitrogens with two attached hydrogens (primary N) is 1. The van der Waals surface area contributed by atoms with E-state index in [0.29, 0.717) is 24.0 Å². The van der Waals surface area contributed by atoms with Crippen molar-refractivity contribution in [3.8, 4) is 0 Å². The Morgan fingerprint density at radius 2 is 2.41 bits per heavy atom. The van der Waals surface area contributed by atoms with Crippen molar-refractivity contribution in [2.75, 3.05) is 32.4 Å². The number of amides is 1. The van der Waals surface area contributed by atoms with Gasteiger partial charge in [-0.2, -0.15) is 0 Å². The summed E-state index contributed by atoms with van der Waals surface area (Å²) in [5.74, 6) is 0.664. The maximum atomic E-state index is 11.7. The van der Waals surface area contributed by atoms with E-state index in [1.165, 1.54) is 0 Å². The fourth-order valence-electron chi connectivity index (χ4n) is 1.98. The predicted octanol–water partition coefficient (Wildman–Crippen LogP) is -0.260. The minimum absolute atomic E-state index is 0.188. The molecule has 1 aromatic heterocycles. The number of hydrogen-bond acceptors (Lipinski definition) is 5. The lowest BCUT2D eigenvalue weighted by Gasteiger charge is -2.11. The number of nitrogen functional groups attached to an aromatic ring is 1. The standard InChI is InChI=1S/C11H17N5O/c1-16-5-4-8(7-16)6-13-11(17)9-2-3-10(12)15-14-9/h2-3,8H,4-7H2,1H3,(H2,12,15)(H,13,17). The smallest absolute Gasteiger partial charge is 0.271 e. The molecule has 0 aromatic carbocycles. The number of hydrogen-bond donors (Lipinski definition) is 2. The van der Waals surface area contributed by atoms with Gasteiger partial charge in [-0.1, -0.05) is 0 Å². The van der Waals surface area contributed by atoms with Crippen molar-refractivity contribution in [2.45, 2.75) is 6.42 Å². The molecule has 2 heterocycles. The van der Waals surface area contributed by atoms with Crippen LogP contribution in [0.1, 0.15) is 16.9 Å². The monoisotopic (exact) mass is 235 g/mol. The molecule has 1 unspecified atom stereocenters. The van der Waals surface area contributed by atoms with E-state index in [1.807, 2.05) is 0 Å². The highest BCUT2D eigenvalue weighted by molar-refractivity contribution is 5.92. The van der Waals surface area contributed by atoms with E-state index in [4.69, 9.17) is 5.73 Å². The van der Waals surface area contributed by atoms with Gasteiger partial charge in [-0.3, -0.25) is 4.79 Å². The highest BCUT2D eigenvalue weighted by atomic mass is 16.1. The van der Waals surface area contributed by atoms with E-state index >= 15 is 0 Å². The molecule has 1 atom stereocenters. The first-order valence-corrected chi connectivity index (χ1v) is 5.71. The van der Waals surface area contributed by atoms with E-state index < -0.39 is 0 Å². The van der Waals surface area contributed by atoms with Gasteiger partial charge in [0.1, 0.15) is 5.82 Å². The molecule has 3 N–H and O–H groups in total. The van der Waals surface area contributed by atoms with E-state index in [2.05, 4.69) is 27.5 Å². The number of nitrogens with one attached hydrogen (secondary N) is 1. The van der Waals surface area contributed by atoms with Crippen LogP contribution in [0.4, 0.5) is 5.82 Å². The first-order valence-electron chi connectivity index (χ1n) is 5.71. The second kappa shape index (κ2) is 5.09. The second-order valence-corrected chi connectivity index (χ2v) is 4.47. The lowest BCUT2D eigenvalue weighted by molar-refractivity contribution is 0.0941. The summed E-state index contributed by atoms with van der Waals surface area (Å²) in [6.07, 6.45) is 1.13. The van der Waals surface area contributed by atoms with Crippen molar-refractivity contribution in [3.63, 3.8) is 0 Å². The van der Waals surface area contributed by atoms with Crippen LogP contribution in [0.2, 0.25) is 0 Å². The Morgan fingerprint density at radius 1 is 1.59 bits per heavy atom. The van der Waals surface area contributed by atoms with Gasteiger partial charge in [0.15, 0.2) is 5.69 Å². The predicted molar refractivity (Wildman–Crippen MR) is 64.4 cm³/mol. The molecule has 1 aliphatic heterocycles. The molecule has 1 aromatic rings. The topological polar surface area (TPSA) is 84.1 Å². The third-order valence-corrected chi connectivity index (χ3v) is 2.96. The molecule has 1 fully saturated rings. The summed E-state index contributed by atoms with van der Waals surface area (Å²) in [4.78, 5) is 14.0. The summed E-state index contributed by atoms with van der Waals surface area (Å²) < 4.78 is 0. The summed E-state index contributed by atoms with van der Waals surface area (Å²) >= 11 is 0. The van der Waals surface area contributed by atoms with Gasteiger partial charge >= 0.3 is 0 Å². The Labute approximate surface area is 100 Å². The average molecular weight is 235 g/mol. The first kappa shape index (κ1) is 11.8. The molecular weight excluding hydrogens is 218 g/mol. The largest absolute Gasteiger partial charge is 0.382 e. The molecule has 0 bridgehead atoms. The molecule has 1 aliphatic rings. The quantitative estimate of drug-likeness (QED) is 0.754. The van der Waals surface area contributed by atoms with E-state index in [9.17, 15) is 4.79 Å². The van der Waals surface area contributed by atoms with Gasteiger partial charge in [-0.05, 0) is 38.1 Å². The Kier molecular flexibility index (Phi) is 3.53. The van der Waals surface area contributed by atoms with Crippen LogP contribution in [-0.4, -0.2) is 47.7 Å². The lowest BCUT2D eigenvalue weighted by atomic mass is 10.1. The highest BCUT2D eigenvalue weighted by Crippen LogP contribution is 2.12. The minimum atomic E-state index is -0.188. The van der Waals surface area contributed by atoms with Crippen LogP contribution in [0.15, 0.2) is 12.1 Å². The molecule has 92 valence electrons. The molecule has 17 heavy (non-hydrogen) atoms. The van der Waals surface area contributed by atoms with Gasteiger partial charge < -0.3 is 16.0 Å². The summed E-state index contributed by atoms with van der Waals surface area (Å²) in [7, 11) is 2.09. The Bertz CT molecular complexity index is 391.